The molecule has 1 aromatic rings. The predicted octanol–water partition coefficient (Wildman–Crippen LogP) is 1.77. The van der Waals surface area contributed by atoms with Crippen molar-refractivity contribution in [3.63, 3.8) is 0 Å². The Labute approximate surface area is 116 Å². The fourth-order valence-corrected chi connectivity index (χ4v) is 3.24. The van der Waals surface area contributed by atoms with Crippen molar-refractivity contribution in [2.45, 2.75) is 25.2 Å². The van der Waals surface area contributed by atoms with Crippen molar-refractivity contribution in [3.8, 4) is 0 Å². The van der Waals surface area contributed by atoms with E-state index in [-0.39, 0.29) is 10.5 Å². The maximum atomic E-state index is 13.6. The van der Waals surface area contributed by atoms with E-state index in [4.69, 9.17) is 5.11 Å². The largest absolute Gasteiger partial charge is 0.478 e. The number of carbonyl (C=O) groups is 1. The first kappa shape index (κ1) is 14.9. The van der Waals surface area contributed by atoms with Crippen molar-refractivity contribution in [3.05, 3.63) is 29.1 Å². The Bertz CT molecular complexity index is 657. The van der Waals surface area contributed by atoms with E-state index in [1.807, 2.05) is 6.92 Å². The number of aryl methyl sites for hydroxylation is 1. The number of carboxylic acids is 1. The summed E-state index contributed by atoms with van der Waals surface area (Å²) in [5.74, 6) is -1.57. The molecule has 110 valence electrons. The van der Waals surface area contributed by atoms with Crippen LogP contribution in [0.4, 0.5) is 4.39 Å². The standard InChI is InChI=1S/C13H16FNO4S/c1-7-3-9(7)6-15-20(18,19)10-4-8(2)12(14)11(5-10)13(16)17/h4-5,7,9,15H,3,6H2,1-2H3,(H,16,17). The van der Waals surface area contributed by atoms with E-state index in [0.717, 1.165) is 18.6 Å². The molecule has 2 N–H and O–H groups in total. The number of rotatable bonds is 5. The molecule has 0 aromatic heterocycles. The highest BCUT2D eigenvalue weighted by Gasteiger charge is 2.33. The highest BCUT2D eigenvalue weighted by molar-refractivity contribution is 7.89. The van der Waals surface area contributed by atoms with Crippen LogP contribution < -0.4 is 4.72 Å². The smallest absolute Gasteiger partial charge is 0.338 e. The number of hydrogen-bond donors (Lipinski definition) is 2. The molecule has 2 rings (SSSR count). The Kier molecular flexibility index (Phi) is 3.84. The van der Waals surface area contributed by atoms with Crippen LogP contribution in [0.3, 0.4) is 0 Å². The fourth-order valence-electron chi connectivity index (χ4n) is 2.03. The molecule has 2 atom stereocenters. The molecule has 1 aliphatic carbocycles. The summed E-state index contributed by atoms with van der Waals surface area (Å²) in [5.41, 5.74) is -0.643. The lowest BCUT2D eigenvalue weighted by Gasteiger charge is -2.09. The van der Waals surface area contributed by atoms with Crippen molar-refractivity contribution in [1.82, 2.24) is 4.72 Å². The lowest BCUT2D eigenvalue weighted by Crippen LogP contribution is -2.26. The minimum Gasteiger partial charge on any atom is -0.478 e. The first-order chi connectivity index (χ1) is 9.22. The zero-order chi connectivity index (χ0) is 15.1. The van der Waals surface area contributed by atoms with Crippen LogP contribution in [0.25, 0.3) is 0 Å². The van der Waals surface area contributed by atoms with Gasteiger partial charge in [0.15, 0.2) is 0 Å². The molecule has 1 aliphatic rings. The monoisotopic (exact) mass is 301 g/mol. The Morgan fingerprint density at radius 2 is 2.10 bits per heavy atom. The molecule has 1 aromatic carbocycles. The Morgan fingerprint density at radius 1 is 1.50 bits per heavy atom. The maximum Gasteiger partial charge on any atom is 0.338 e. The van der Waals surface area contributed by atoms with Gasteiger partial charge in [0.05, 0.1) is 10.5 Å². The van der Waals surface area contributed by atoms with Crippen LogP contribution in [0.15, 0.2) is 17.0 Å². The van der Waals surface area contributed by atoms with Crippen molar-refractivity contribution in [1.29, 1.82) is 0 Å². The van der Waals surface area contributed by atoms with Crippen molar-refractivity contribution < 1.29 is 22.7 Å². The average Bonchev–Trinajstić information content (AvgIpc) is 3.06. The third-order valence-electron chi connectivity index (χ3n) is 3.58. The summed E-state index contributed by atoms with van der Waals surface area (Å²) < 4.78 is 40.2. The SMILES string of the molecule is Cc1cc(S(=O)(=O)NCC2CC2C)cc(C(=O)O)c1F. The second kappa shape index (κ2) is 5.14. The third-order valence-corrected chi connectivity index (χ3v) is 4.98. The van der Waals surface area contributed by atoms with Gasteiger partial charge in [-0.05, 0) is 42.9 Å². The normalized spacial score (nSPS) is 21.8. The minimum absolute atomic E-state index is 0.00920. The fraction of sp³-hybridized carbons (Fsp3) is 0.462. The molecule has 7 heteroatoms. The molecule has 0 aliphatic heterocycles. The molecule has 1 fully saturated rings. The highest BCUT2D eigenvalue weighted by Crippen LogP contribution is 2.37. The van der Waals surface area contributed by atoms with Crippen molar-refractivity contribution in [2.24, 2.45) is 11.8 Å². The van der Waals surface area contributed by atoms with E-state index in [9.17, 15) is 17.6 Å². The minimum atomic E-state index is -3.81. The van der Waals surface area contributed by atoms with Crippen LogP contribution in [0.2, 0.25) is 0 Å². The molecule has 0 heterocycles. The molecule has 0 amide bonds. The predicted molar refractivity (Wildman–Crippen MR) is 70.6 cm³/mol. The number of aromatic carboxylic acids is 1. The van der Waals surface area contributed by atoms with Crippen LogP contribution >= 0.6 is 0 Å². The number of hydrogen-bond acceptors (Lipinski definition) is 3. The van der Waals surface area contributed by atoms with E-state index in [0.29, 0.717) is 18.4 Å². The average molecular weight is 301 g/mol. The van der Waals surface area contributed by atoms with E-state index in [1.165, 1.54) is 6.92 Å². The number of nitrogens with one attached hydrogen (secondary N) is 1. The second-order valence-corrected chi connectivity index (χ2v) is 7.00. The van der Waals surface area contributed by atoms with Crippen molar-refractivity contribution >= 4 is 16.0 Å². The first-order valence-electron chi connectivity index (χ1n) is 6.25. The summed E-state index contributed by atoms with van der Waals surface area (Å²) >= 11 is 0. The van der Waals surface area contributed by atoms with E-state index < -0.39 is 27.4 Å². The molecule has 5 nitrogen and oxygen atoms in total. The van der Waals surface area contributed by atoms with Gasteiger partial charge < -0.3 is 5.11 Å². The maximum absolute atomic E-state index is 13.6. The van der Waals surface area contributed by atoms with E-state index in [1.54, 1.807) is 0 Å². The van der Waals surface area contributed by atoms with Crippen LogP contribution in [-0.4, -0.2) is 26.0 Å². The molecular formula is C13H16FNO4S. The zero-order valence-electron chi connectivity index (χ0n) is 11.2. The highest BCUT2D eigenvalue weighted by atomic mass is 32.2. The second-order valence-electron chi connectivity index (χ2n) is 5.23. The summed E-state index contributed by atoms with van der Waals surface area (Å²) in [6.45, 7) is 3.69. The summed E-state index contributed by atoms with van der Waals surface area (Å²) in [6, 6.07) is 1.99. The first-order valence-corrected chi connectivity index (χ1v) is 7.74. The van der Waals surface area contributed by atoms with Gasteiger partial charge in [-0.3, -0.25) is 0 Å². The molecule has 0 saturated heterocycles. The van der Waals surface area contributed by atoms with Gasteiger partial charge in [-0.25, -0.2) is 22.3 Å². The number of carboxylic acid groups (broad SMARTS) is 1. The van der Waals surface area contributed by atoms with E-state index >= 15 is 0 Å². The number of benzene rings is 1. The zero-order valence-corrected chi connectivity index (χ0v) is 12.0. The quantitative estimate of drug-likeness (QED) is 0.868. The van der Waals surface area contributed by atoms with E-state index in [2.05, 4.69) is 4.72 Å². The van der Waals surface area contributed by atoms with Gasteiger partial charge in [0, 0.05) is 6.54 Å². The summed E-state index contributed by atoms with van der Waals surface area (Å²) in [7, 11) is -3.81. The van der Waals surface area contributed by atoms with Gasteiger partial charge in [0.2, 0.25) is 10.0 Å². The van der Waals surface area contributed by atoms with Crippen LogP contribution in [0, 0.1) is 24.6 Å². The summed E-state index contributed by atoms with van der Waals surface area (Å²) in [4.78, 5) is 10.7. The third kappa shape index (κ3) is 2.99. The van der Waals surface area contributed by atoms with Gasteiger partial charge in [0.25, 0.3) is 0 Å². The van der Waals surface area contributed by atoms with Gasteiger partial charge >= 0.3 is 5.97 Å². The van der Waals surface area contributed by atoms with Gasteiger partial charge in [-0.15, -0.1) is 0 Å². The van der Waals surface area contributed by atoms with Gasteiger partial charge in [0.1, 0.15) is 5.82 Å². The molecule has 0 radical (unpaired) electrons. The number of sulfonamides is 1. The molecule has 20 heavy (non-hydrogen) atoms. The van der Waals surface area contributed by atoms with Gasteiger partial charge in [-0.2, -0.15) is 0 Å². The molecular weight excluding hydrogens is 285 g/mol. The topological polar surface area (TPSA) is 83.5 Å². The lowest BCUT2D eigenvalue weighted by atomic mass is 10.1. The summed E-state index contributed by atoms with van der Waals surface area (Å²) in [5, 5.41) is 8.89. The van der Waals surface area contributed by atoms with Crippen LogP contribution in [-0.2, 0) is 10.0 Å². The Morgan fingerprint density at radius 3 is 2.60 bits per heavy atom. The Balaban J connectivity index is 2.29. The lowest BCUT2D eigenvalue weighted by molar-refractivity contribution is 0.0691. The van der Waals surface area contributed by atoms with Gasteiger partial charge in [-0.1, -0.05) is 6.92 Å². The summed E-state index contributed by atoms with van der Waals surface area (Å²) in [6.07, 6.45) is 0.978. The van der Waals surface area contributed by atoms with Crippen molar-refractivity contribution in [2.75, 3.05) is 6.54 Å². The van der Waals surface area contributed by atoms with Crippen LogP contribution in [0.5, 0.6) is 0 Å². The molecule has 0 spiro atoms. The molecule has 0 bridgehead atoms. The van der Waals surface area contributed by atoms with Crippen LogP contribution in [0.1, 0.15) is 29.3 Å². The molecule has 1 saturated carbocycles. The molecule has 2 unspecified atom stereocenters. The Hall–Kier alpha value is -1.47. The number of halogens is 1.